The van der Waals surface area contributed by atoms with Crippen molar-refractivity contribution in [1.82, 2.24) is 4.98 Å². The van der Waals surface area contributed by atoms with Crippen LogP contribution in [0.4, 0.5) is 32.2 Å². The number of nitrogens with zero attached hydrogens (tertiary/aromatic N) is 2. The summed E-state index contributed by atoms with van der Waals surface area (Å²) in [5.41, 5.74) is -3.08. The highest BCUT2D eigenvalue weighted by Gasteiger charge is 2.51. The van der Waals surface area contributed by atoms with Crippen molar-refractivity contribution < 1.29 is 35.9 Å². The fraction of sp³-hybridized carbons (Fsp3) is 0.600. The van der Waals surface area contributed by atoms with Crippen LogP contribution in [0, 0.1) is 5.92 Å². The summed E-state index contributed by atoms with van der Waals surface area (Å²) in [7, 11) is 1.13. The summed E-state index contributed by atoms with van der Waals surface area (Å²) in [5, 5.41) is 0. The van der Waals surface area contributed by atoms with Crippen molar-refractivity contribution in [3.63, 3.8) is 0 Å². The second-order valence-electron chi connectivity index (χ2n) is 6.20. The van der Waals surface area contributed by atoms with Crippen LogP contribution >= 0.6 is 0 Å². The van der Waals surface area contributed by atoms with Crippen LogP contribution in [0.1, 0.15) is 30.5 Å². The van der Waals surface area contributed by atoms with Crippen molar-refractivity contribution in [3.05, 3.63) is 23.4 Å². The van der Waals surface area contributed by atoms with E-state index in [1.54, 1.807) is 0 Å². The Morgan fingerprint density at radius 3 is 2.40 bits per heavy atom. The molecule has 0 spiro atoms. The lowest BCUT2D eigenvalue weighted by molar-refractivity contribution is -0.145. The second kappa shape index (κ2) is 5.77. The summed E-state index contributed by atoms with van der Waals surface area (Å²) < 4.78 is 82.7. The largest absolute Gasteiger partial charge is 0.467 e. The number of piperidine rings is 1. The van der Waals surface area contributed by atoms with Gasteiger partial charge in [0.15, 0.2) is 0 Å². The lowest BCUT2D eigenvalue weighted by atomic mass is 9.98. The van der Waals surface area contributed by atoms with Crippen LogP contribution in [-0.4, -0.2) is 30.1 Å². The molecule has 2 heterocycles. The molecule has 4 nitrogen and oxygen atoms in total. The van der Waals surface area contributed by atoms with E-state index in [0.717, 1.165) is 7.11 Å². The Kier molecular flexibility index (Phi) is 4.11. The number of carbonyl (C=O) groups is 1. The van der Waals surface area contributed by atoms with E-state index in [0.29, 0.717) is 25.3 Å². The SMILES string of the molecule is COC(=O)[C@@H]1[C@H]2CC[C@H](C2)N1c1cc(C(F)(F)F)cc(C(F)(F)F)n1. The Morgan fingerprint density at radius 1 is 1.16 bits per heavy atom. The average Bonchev–Trinajstić information content (AvgIpc) is 3.12. The van der Waals surface area contributed by atoms with Gasteiger partial charge in [-0.2, -0.15) is 26.3 Å². The van der Waals surface area contributed by atoms with Crippen LogP contribution in [0.25, 0.3) is 0 Å². The zero-order chi connectivity index (χ0) is 18.6. The highest BCUT2D eigenvalue weighted by Crippen LogP contribution is 2.46. The first-order valence-corrected chi connectivity index (χ1v) is 7.55. The molecule has 10 heteroatoms. The molecule has 1 aliphatic carbocycles. The van der Waals surface area contributed by atoms with Gasteiger partial charge in [-0.3, -0.25) is 0 Å². The Balaban J connectivity index is 2.10. The number of hydrogen-bond acceptors (Lipinski definition) is 4. The van der Waals surface area contributed by atoms with E-state index in [4.69, 9.17) is 0 Å². The number of hydrogen-bond donors (Lipinski definition) is 0. The van der Waals surface area contributed by atoms with E-state index >= 15 is 0 Å². The monoisotopic (exact) mass is 368 g/mol. The van der Waals surface area contributed by atoms with E-state index < -0.39 is 41.4 Å². The molecule has 3 atom stereocenters. The molecule has 138 valence electrons. The van der Waals surface area contributed by atoms with Crippen LogP contribution in [-0.2, 0) is 21.9 Å². The number of halogens is 6. The van der Waals surface area contributed by atoms with Gasteiger partial charge in [0.2, 0.25) is 0 Å². The van der Waals surface area contributed by atoms with Crippen molar-refractivity contribution in [2.45, 2.75) is 43.7 Å². The van der Waals surface area contributed by atoms with E-state index in [2.05, 4.69) is 9.72 Å². The summed E-state index contributed by atoms with van der Waals surface area (Å²) in [6, 6.07) is -0.705. The number of carbonyl (C=O) groups excluding carboxylic acids is 1. The van der Waals surface area contributed by atoms with Crippen LogP contribution in [0.2, 0.25) is 0 Å². The smallest absolute Gasteiger partial charge is 0.433 e. The van der Waals surface area contributed by atoms with Gasteiger partial charge in [0.25, 0.3) is 0 Å². The average molecular weight is 368 g/mol. The maximum Gasteiger partial charge on any atom is 0.433 e. The number of alkyl halides is 6. The molecule has 2 aliphatic rings. The third kappa shape index (κ3) is 3.13. The van der Waals surface area contributed by atoms with Crippen molar-refractivity contribution in [1.29, 1.82) is 0 Å². The van der Waals surface area contributed by atoms with Gasteiger partial charge in [-0.15, -0.1) is 0 Å². The maximum atomic E-state index is 13.0. The fourth-order valence-corrected chi connectivity index (χ4v) is 3.70. The molecule has 0 radical (unpaired) electrons. The molecule has 1 aromatic heterocycles. The highest BCUT2D eigenvalue weighted by molar-refractivity contribution is 5.81. The minimum absolute atomic E-state index is 0.0228. The molecular formula is C15H14F6N2O2. The molecule has 0 aromatic carbocycles. The molecular weight excluding hydrogens is 354 g/mol. The molecule has 1 aliphatic heterocycles. The summed E-state index contributed by atoms with van der Waals surface area (Å²) >= 11 is 0. The summed E-state index contributed by atoms with van der Waals surface area (Å²) in [6.45, 7) is 0. The normalized spacial score (nSPS) is 26.2. The second-order valence-corrected chi connectivity index (χ2v) is 6.20. The topological polar surface area (TPSA) is 42.4 Å². The van der Waals surface area contributed by atoms with E-state index in [-0.39, 0.29) is 18.0 Å². The van der Waals surface area contributed by atoms with Crippen molar-refractivity contribution in [3.8, 4) is 0 Å². The standard InChI is InChI=1S/C15H14F6N2O2/c1-25-13(24)12-7-2-3-9(4-7)23(12)11-6-8(14(16,17)18)5-10(22-11)15(19,20)21/h5-7,9,12H,2-4H2,1H3/t7-,9+,12-/m0/s1. The minimum Gasteiger partial charge on any atom is -0.467 e. The first-order chi connectivity index (χ1) is 11.5. The Labute approximate surface area is 138 Å². The quantitative estimate of drug-likeness (QED) is 0.590. The van der Waals surface area contributed by atoms with E-state index in [1.165, 1.54) is 4.90 Å². The number of aromatic nitrogens is 1. The molecule has 1 saturated carbocycles. The third-order valence-corrected chi connectivity index (χ3v) is 4.72. The first-order valence-electron chi connectivity index (χ1n) is 7.55. The Bertz CT molecular complexity index is 655. The van der Waals surface area contributed by atoms with Gasteiger partial charge in [-0.25, -0.2) is 9.78 Å². The number of ether oxygens (including phenoxy) is 1. The lowest BCUT2D eigenvalue weighted by Crippen LogP contribution is -2.47. The predicted octanol–water partition coefficient (Wildman–Crippen LogP) is 3.65. The number of anilines is 1. The zero-order valence-electron chi connectivity index (χ0n) is 13.0. The predicted molar refractivity (Wildman–Crippen MR) is 73.7 cm³/mol. The van der Waals surface area contributed by atoms with Crippen LogP contribution in [0.3, 0.4) is 0 Å². The molecule has 3 rings (SSSR count). The van der Waals surface area contributed by atoms with E-state index in [1.807, 2.05) is 0 Å². The minimum atomic E-state index is -5.03. The fourth-order valence-electron chi connectivity index (χ4n) is 3.70. The van der Waals surface area contributed by atoms with Crippen molar-refractivity contribution >= 4 is 11.8 Å². The van der Waals surface area contributed by atoms with Crippen LogP contribution < -0.4 is 4.90 Å². The Morgan fingerprint density at radius 2 is 1.84 bits per heavy atom. The van der Waals surface area contributed by atoms with Gasteiger partial charge < -0.3 is 9.64 Å². The van der Waals surface area contributed by atoms with Gasteiger partial charge >= 0.3 is 18.3 Å². The number of esters is 1. The number of methoxy groups -OCH3 is 1. The summed E-state index contributed by atoms with van der Waals surface area (Å²) in [6.07, 6.45) is -8.23. The number of pyridine rings is 1. The van der Waals surface area contributed by atoms with Crippen molar-refractivity contribution in [2.75, 3.05) is 12.0 Å². The van der Waals surface area contributed by atoms with Gasteiger partial charge in [-0.05, 0) is 37.3 Å². The van der Waals surface area contributed by atoms with Crippen molar-refractivity contribution in [2.24, 2.45) is 5.92 Å². The highest BCUT2D eigenvalue weighted by atomic mass is 19.4. The third-order valence-electron chi connectivity index (χ3n) is 4.72. The molecule has 0 N–H and O–H groups in total. The molecule has 1 aromatic rings. The van der Waals surface area contributed by atoms with Gasteiger partial charge in [-0.1, -0.05) is 0 Å². The van der Waals surface area contributed by atoms with Gasteiger partial charge in [0.1, 0.15) is 17.6 Å². The van der Waals surface area contributed by atoms with Gasteiger partial charge in [0.05, 0.1) is 12.7 Å². The molecule has 0 amide bonds. The van der Waals surface area contributed by atoms with Crippen LogP contribution in [0.15, 0.2) is 12.1 Å². The van der Waals surface area contributed by atoms with Crippen LogP contribution in [0.5, 0.6) is 0 Å². The zero-order valence-corrected chi connectivity index (χ0v) is 13.0. The number of rotatable bonds is 2. The lowest BCUT2D eigenvalue weighted by Gasteiger charge is -2.35. The first kappa shape index (κ1) is 17.8. The summed E-state index contributed by atoms with van der Waals surface area (Å²) in [4.78, 5) is 16.6. The van der Waals surface area contributed by atoms with Gasteiger partial charge in [0, 0.05) is 6.04 Å². The molecule has 0 unspecified atom stereocenters. The molecule has 2 fully saturated rings. The molecule has 25 heavy (non-hydrogen) atoms. The Hall–Kier alpha value is -2.00. The molecule has 1 saturated heterocycles. The number of fused-ring (bicyclic) bond motifs is 2. The molecule has 2 bridgehead atoms. The maximum absolute atomic E-state index is 13.0. The summed E-state index contributed by atoms with van der Waals surface area (Å²) in [5.74, 6) is -1.34. The van der Waals surface area contributed by atoms with E-state index in [9.17, 15) is 31.1 Å².